The van der Waals surface area contributed by atoms with E-state index < -0.39 is 12.0 Å². The van der Waals surface area contributed by atoms with Crippen molar-refractivity contribution in [1.29, 1.82) is 0 Å². The summed E-state index contributed by atoms with van der Waals surface area (Å²) in [5.74, 6) is -0.943. The van der Waals surface area contributed by atoms with Crippen molar-refractivity contribution in [2.75, 3.05) is 13.7 Å². The van der Waals surface area contributed by atoms with Gasteiger partial charge in [-0.3, -0.25) is 9.59 Å². The maximum Gasteiger partial charge on any atom is 0.320 e. The van der Waals surface area contributed by atoms with Crippen LogP contribution in [-0.2, 0) is 14.3 Å². The molecule has 0 aromatic rings. The highest BCUT2D eigenvalue weighted by atomic mass is 16.5. The summed E-state index contributed by atoms with van der Waals surface area (Å²) in [6.07, 6.45) is 0.282. The molecule has 64 valence electrons. The number of rotatable bonds is 6. The molecule has 11 heavy (non-hydrogen) atoms. The van der Waals surface area contributed by atoms with Gasteiger partial charge in [-0.2, -0.15) is 0 Å². The van der Waals surface area contributed by atoms with Gasteiger partial charge in [0.15, 0.2) is 0 Å². The molecule has 0 fully saturated rings. The lowest BCUT2D eigenvalue weighted by Crippen LogP contribution is -2.34. The van der Waals surface area contributed by atoms with Crippen molar-refractivity contribution in [3.05, 3.63) is 0 Å². The summed E-state index contributed by atoms with van der Waals surface area (Å²) in [6.45, 7) is 0.426. The summed E-state index contributed by atoms with van der Waals surface area (Å²) in [7, 11) is 1.54. The fourth-order valence-electron chi connectivity index (χ4n) is 0.625. The molecule has 5 heteroatoms. The van der Waals surface area contributed by atoms with E-state index in [1.54, 1.807) is 7.05 Å². The van der Waals surface area contributed by atoms with E-state index in [1.165, 1.54) is 0 Å². The number of carboxylic acids is 1. The number of carbonyl (C=O) groups excluding carboxylic acids is 1. The highest BCUT2D eigenvalue weighted by Gasteiger charge is 2.13. The standard InChI is InChI=1S/C6H11NO4/c1-7-5(6(9)10)2-3-11-4-8/h4-5,7H,2-3H2,1H3,(H,9,10)/t5-/m1/s1. The molecule has 0 unspecified atom stereocenters. The monoisotopic (exact) mass is 161 g/mol. The van der Waals surface area contributed by atoms with Crippen LogP contribution in [0.2, 0.25) is 0 Å². The zero-order valence-electron chi connectivity index (χ0n) is 6.24. The van der Waals surface area contributed by atoms with E-state index in [1.807, 2.05) is 0 Å². The van der Waals surface area contributed by atoms with Gasteiger partial charge in [0.25, 0.3) is 6.47 Å². The van der Waals surface area contributed by atoms with Crippen molar-refractivity contribution in [3.8, 4) is 0 Å². The molecule has 0 aliphatic carbocycles. The van der Waals surface area contributed by atoms with E-state index in [-0.39, 0.29) is 13.0 Å². The van der Waals surface area contributed by atoms with E-state index in [9.17, 15) is 9.59 Å². The molecule has 0 rings (SSSR count). The van der Waals surface area contributed by atoms with Crippen molar-refractivity contribution < 1.29 is 19.4 Å². The normalized spacial score (nSPS) is 12.1. The molecule has 2 N–H and O–H groups in total. The topological polar surface area (TPSA) is 75.6 Å². The van der Waals surface area contributed by atoms with Crippen LogP contribution >= 0.6 is 0 Å². The van der Waals surface area contributed by atoms with E-state index in [0.29, 0.717) is 6.47 Å². The van der Waals surface area contributed by atoms with Crippen molar-refractivity contribution in [2.45, 2.75) is 12.5 Å². The summed E-state index contributed by atoms with van der Waals surface area (Å²) < 4.78 is 4.33. The van der Waals surface area contributed by atoms with Crippen molar-refractivity contribution in [3.63, 3.8) is 0 Å². The van der Waals surface area contributed by atoms with Crippen LogP contribution in [0.1, 0.15) is 6.42 Å². The summed E-state index contributed by atoms with van der Waals surface area (Å²) >= 11 is 0. The van der Waals surface area contributed by atoms with Gasteiger partial charge in [0, 0.05) is 6.42 Å². The molecule has 1 atom stereocenters. The lowest BCUT2D eigenvalue weighted by atomic mass is 10.2. The first-order valence-electron chi connectivity index (χ1n) is 3.17. The number of nitrogens with one attached hydrogen (secondary N) is 1. The highest BCUT2D eigenvalue weighted by Crippen LogP contribution is 1.90. The number of ether oxygens (including phenoxy) is 1. The fraction of sp³-hybridized carbons (Fsp3) is 0.667. The largest absolute Gasteiger partial charge is 0.480 e. The first kappa shape index (κ1) is 9.90. The summed E-state index contributed by atoms with van der Waals surface area (Å²) in [5.41, 5.74) is 0. The Kier molecular flexibility index (Phi) is 5.10. The minimum absolute atomic E-state index is 0.126. The molecule has 0 aromatic heterocycles. The SMILES string of the molecule is CN[C@H](CCOC=O)C(=O)O. The van der Waals surface area contributed by atoms with Crippen LogP contribution in [0.25, 0.3) is 0 Å². The minimum Gasteiger partial charge on any atom is -0.480 e. The van der Waals surface area contributed by atoms with Gasteiger partial charge < -0.3 is 15.2 Å². The first-order chi connectivity index (χ1) is 5.22. The fourth-order valence-corrected chi connectivity index (χ4v) is 0.625. The van der Waals surface area contributed by atoms with E-state index in [2.05, 4.69) is 10.1 Å². The van der Waals surface area contributed by atoms with Gasteiger partial charge in [-0.1, -0.05) is 0 Å². The second-order valence-electron chi connectivity index (χ2n) is 1.94. The molecule has 0 heterocycles. The van der Waals surface area contributed by atoms with E-state index in [4.69, 9.17) is 5.11 Å². The summed E-state index contributed by atoms with van der Waals surface area (Å²) in [6, 6.07) is -0.644. The maximum absolute atomic E-state index is 10.3. The number of hydrogen-bond donors (Lipinski definition) is 2. The number of carboxylic acid groups (broad SMARTS) is 1. The maximum atomic E-state index is 10.3. The zero-order valence-corrected chi connectivity index (χ0v) is 6.24. The van der Waals surface area contributed by atoms with Gasteiger partial charge in [-0.15, -0.1) is 0 Å². The Morgan fingerprint density at radius 2 is 2.45 bits per heavy atom. The quantitative estimate of drug-likeness (QED) is 0.395. The smallest absolute Gasteiger partial charge is 0.320 e. The Bertz CT molecular complexity index is 137. The van der Waals surface area contributed by atoms with Crippen LogP contribution in [0.15, 0.2) is 0 Å². The Morgan fingerprint density at radius 1 is 1.82 bits per heavy atom. The van der Waals surface area contributed by atoms with Crippen molar-refractivity contribution >= 4 is 12.4 Å². The van der Waals surface area contributed by atoms with Crippen LogP contribution in [-0.4, -0.2) is 37.2 Å². The van der Waals surface area contributed by atoms with E-state index in [0.717, 1.165) is 0 Å². The lowest BCUT2D eigenvalue weighted by Gasteiger charge is -2.08. The molecule has 0 amide bonds. The second-order valence-corrected chi connectivity index (χ2v) is 1.94. The Labute approximate surface area is 64.3 Å². The second kappa shape index (κ2) is 5.67. The Morgan fingerprint density at radius 3 is 2.82 bits per heavy atom. The summed E-state index contributed by atoms with van der Waals surface area (Å²) in [4.78, 5) is 20.0. The van der Waals surface area contributed by atoms with Gasteiger partial charge in [-0.05, 0) is 7.05 Å². The Balaban J connectivity index is 3.52. The number of carbonyl (C=O) groups is 2. The van der Waals surface area contributed by atoms with Crippen LogP contribution in [0.4, 0.5) is 0 Å². The first-order valence-corrected chi connectivity index (χ1v) is 3.17. The van der Waals surface area contributed by atoms with Crippen molar-refractivity contribution in [2.24, 2.45) is 0 Å². The predicted molar refractivity (Wildman–Crippen MR) is 37.1 cm³/mol. The molecule has 0 radical (unpaired) electrons. The molecule has 0 saturated carbocycles. The van der Waals surface area contributed by atoms with Gasteiger partial charge in [0.1, 0.15) is 6.04 Å². The number of hydrogen-bond acceptors (Lipinski definition) is 4. The van der Waals surface area contributed by atoms with Crippen LogP contribution in [0.5, 0.6) is 0 Å². The number of likely N-dealkylation sites (N-methyl/N-ethyl adjacent to an activating group) is 1. The van der Waals surface area contributed by atoms with Crippen LogP contribution in [0.3, 0.4) is 0 Å². The average Bonchev–Trinajstić information content (AvgIpc) is 1.97. The molecule has 5 nitrogen and oxygen atoms in total. The van der Waals surface area contributed by atoms with Crippen LogP contribution < -0.4 is 5.32 Å². The highest BCUT2D eigenvalue weighted by molar-refractivity contribution is 5.73. The van der Waals surface area contributed by atoms with Gasteiger partial charge in [-0.25, -0.2) is 0 Å². The zero-order chi connectivity index (χ0) is 8.69. The third-order valence-corrected chi connectivity index (χ3v) is 1.24. The Hall–Kier alpha value is -1.10. The average molecular weight is 161 g/mol. The molecule has 0 saturated heterocycles. The van der Waals surface area contributed by atoms with Gasteiger partial charge in [0.05, 0.1) is 6.61 Å². The third-order valence-electron chi connectivity index (χ3n) is 1.24. The molecule has 0 aromatic carbocycles. The number of aliphatic carboxylic acids is 1. The molecular formula is C6H11NO4. The molecule has 0 aliphatic heterocycles. The van der Waals surface area contributed by atoms with Gasteiger partial charge >= 0.3 is 5.97 Å². The predicted octanol–water partition coefficient (Wildman–Crippen LogP) is -0.778. The lowest BCUT2D eigenvalue weighted by molar-refractivity contribution is -0.141. The summed E-state index contributed by atoms with van der Waals surface area (Å²) in [5, 5.41) is 11.0. The van der Waals surface area contributed by atoms with Gasteiger partial charge in [0.2, 0.25) is 0 Å². The molecule has 0 bridgehead atoms. The van der Waals surface area contributed by atoms with Crippen molar-refractivity contribution in [1.82, 2.24) is 5.32 Å². The molecular weight excluding hydrogens is 150 g/mol. The third kappa shape index (κ3) is 4.32. The minimum atomic E-state index is -0.943. The van der Waals surface area contributed by atoms with E-state index >= 15 is 0 Å². The molecule has 0 spiro atoms. The molecule has 0 aliphatic rings. The van der Waals surface area contributed by atoms with Crippen LogP contribution in [0, 0.1) is 0 Å².